The van der Waals surface area contributed by atoms with E-state index in [1.807, 2.05) is 0 Å². The Kier molecular flexibility index (Phi) is 7.09. The van der Waals surface area contributed by atoms with Gasteiger partial charge < -0.3 is 19.1 Å². The average molecular weight is 413 g/mol. The Morgan fingerprint density at radius 1 is 1.07 bits per heavy atom. The second-order valence-electron chi connectivity index (χ2n) is 8.59. The highest BCUT2D eigenvalue weighted by molar-refractivity contribution is 5.70. The van der Waals surface area contributed by atoms with Gasteiger partial charge in [0.1, 0.15) is 11.7 Å². The number of carboxylic acids is 1. The van der Waals surface area contributed by atoms with Crippen LogP contribution in [0.4, 0.5) is 13.2 Å². The quantitative estimate of drug-likeness (QED) is 0.550. The minimum absolute atomic E-state index is 0.891. The summed E-state index contributed by atoms with van der Waals surface area (Å²) in [5.41, 5.74) is 3.08. The van der Waals surface area contributed by atoms with Crippen molar-refractivity contribution in [1.82, 2.24) is 0 Å². The van der Waals surface area contributed by atoms with Gasteiger partial charge in [0.05, 0.1) is 32.8 Å². The molecule has 0 unspecified atom stereocenters. The molecule has 3 aliphatic heterocycles. The Hall–Kier alpha value is -1.76. The summed E-state index contributed by atoms with van der Waals surface area (Å²) in [5.74, 6) is -0.850. The third-order valence-corrected chi connectivity index (χ3v) is 6.63. The minimum Gasteiger partial charge on any atom is -0.542 e. The monoisotopic (exact) mass is 413 g/mol. The van der Waals surface area contributed by atoms with Gasteiger partial charge >= 0.3 is 6.18 Å². The number of hydrogen-bond donors (Lipinski definition) is 0. The highest BCUT2D eigenvalue weighted by Crippen LogP contribution is 2.33. The van der Waals surface area contributed by atoms with Gasteiger partial charge in [-0.05, 0) is 74.1 Å². The van der Waals surface area contributed by atoms with Gasteiger partial charge in [0.2, 0.25) is 0 Å². The lowest BCUT2D eigenvalue weighted by molar-refractivity contribution is -0.942. The van der Waals surface area contributed by atoms with Crippen LogP contribution in [0.1, 0.15) is 49.7 Å². The predicted octanol–water partition coefficient (Wildman–Crippen LogP) is 3.26. The van der Waals surface area contributed by atoms with Crippen LogP contribution in [0.15, 0.2) is 18.2 Å². The van der Waals surface area contributed by atoms with E-state index in [1.165, 1.54) is 87.6 Å². The molecule has 1 aromatic rings. The molecule has 0 atom stereocenters. The Morgan fingerprint density at radius 3 is 2.24 bits per heavy atom. The van der Waals surface area contributed by atoms with Crippen LogP contribution in [0.2, 0.25) is 0 Å². The predicted molar refractivity (Wildman–Crippen MR) is 101 cm³/mol. The van der Waals surface area contributed by atoms with E-state index < -0.39 is 12.1 Å². The van der Waals surface area contributed by atoms with E-state index in [-0.39, 0.29) is 0 Å². The first kappa shape index (κ1) is 21.9. The molecule has 0 radical (unpaired) electrons. The standard InChI is InChI=1S/C20H30NO.C2HF3O2/c1-2-5-19-16-20(7-6-18(19)4-1)22-15-3-11-21-12-8-17(9-13-21)10-14-21;3-2(4,5)1(6)7/h6-7,16-17H,1-5,8-15H2;(H,6,7)/q+1;/p-1. The van der Waals surface area contributed by atoms with Crippen LogP contribution < -0.4 is 9.84 Å². The van der Waals surface area contributed by atoms with E-state index in [1.54, 1.807) is 5.56 Å². The number of benzene rings is 1. The fourth-order valence-corrected chi connectivity index (χ4v) is 4.86. The summed E-state index contributed by atoms with van der Waals surface area (Å²) in [7, 11) is 0. The number of halogens is 3. The van der Waals surface area contributed by atoms with E-state index in [0.29, 0.717) is 0 Å². The number of aryl methyl sites for hydroxylation is 2. The maximum atomic E-state index is 10.5. The fourth-order valence-electron chi connectivity index (χ4n) is 4.86. The Balaban J connectivity index is 0.000000298. The van der Waals surface area contributed by atoms with Crippen molar-refractivity contribution in [3.05, 3.63) is 29.3 Å². The van der Waals surface area contributed by atoms with Gasteiger partial charge in [0, 0.05) is 6.42 Å². The highest BCUT2D eigenvalue weighted by atomic mass is 19.4. The number of rotatable bonds is 5. The molecule has 3 heterocycles. The van der Waals surface area contributed by atoms with E-state index in [9.17, 15) is 13.2 Å². The number of fused-ring (bicyclic) bond motifs is 4. The first-order valence-electron chi connectivity index (χ1n) is 10.7. The van der Waals surface area contributed by atoms with Crippen molar-refractivity contribution in [3.8, 4) is 5.75 Å². The number of aliphatic carboxylic acids is 1. The molecule has 5 rings (SSSR count). The number of quaternary nitrogens is 1. The van der Waals surface area contributed by atoms with Crippen molar-refractivity contribution in [1.29, 1.82) is 0 Å². The lowest BCUT2D eigenvalue weighted by Gasteiger charge is -2.49. The Morgan fingerprint density at radius 2 is 1.66 bits per heavy atom. The molecule has 4 aliphatic rings. The summed E-state index contributed by atoms with van der Waals surface area (Å²) in [6.07, 6.45) is 5.65. The van der Waals surface area contributed by atoms with Gasteiger partial charge in [-0.15, -0.1) is 0 Å². The molecular weight excluding hydrogens is 383 g/mol. The van der Waals surface area contributed by atoms with E-state index >= 15 is 0 Å². The molecule has 1 aliphatic carbocycles. The van der Waals surface area contributed by atoms with Crippen molar-refractivity contribution >= 4 is 5.97 Å². The Labute approximate surface area is 170 Å². The summed E-state index contributed by atoms with van der Waals surface area (Å²) >= 11 is 0. The van der Waals surface area contributed by atoms with Gasteiger partial charge in [0.25, 0.3) is 0 Å². The number of nitrogens with zero attached hydrogens (tertiary/aromatic N) is 1. The number of hydrogen-bond acceptors (Lipinski definition) is 3. The maximum Gasteiger partial charge on any atom is 0.430 e. The molecule has 0 saturated carbocycles. The first-order valence-corrected chi connectivity index (χ1v) is 10.7. The topological polar surface area (TPSA) is 49.4 Å². The first-order chi connectivity index (χ1) is 13.8. The second kappa shape index (κ2) is 9.37. The normalized spacial score (nSPS) is 25.6. The van der Waals surface area contributed by atoms with Crippen molar-refractivity contribution in [2.24, 2.45) is 5.92 Å². The Bertz CT molecular complexity index is 683. The number of carbonyl (C=O) groups excluding carboxylic acids is 1. The number of carboxylic acid groups (broad SMARTS) is 1. The molecule has 1 aromatic carbocycles. The second-order valence-corrected chi connectivity index (χ2v) is 8.59. The van der Waals surface area contributed by atoms with Crippen molar-refractivity contribution in [2.45, 2.75) is 57.5 Å². The third-order valence-electron chi connectivity index (χ3n) is 6.63. The highest BCUT2D eigenvalue weighted by Gasteiger charge is 2.38. The van der Waals surface area contributed by atoms with Crippen LogP contribution in [-0.2, 0) is 17.6 Å². The van der Waals surface area contributed by atoms with Gasteiger partial charge in [-0.1, -0.05) is 6.07 Å². The molecule has 0 spiro atoms. The SMILES string of the molecule is O=C([O-])C(F)(F)F.c1cc2c(cc1OCCC[N+]13CCC(CC1)CC3)CCCC2. The summed E-state index contributed by atoms with van der Waals surface area (Å²) < 4.78 is 39.0. The third kappa shape index (κ3) is 6.11. The number of ether oxygens (including phenoxy) is 1. The van der Waals surface area contributed by atoms with E-state index in [0.717, 1.165) is 18.3 Å². The van der Waals surface area contributed by atoms with Gasteiger partial charge in [-0.3, -0.25) is 0 Å². The molecule has 7 heteroatoms. The summed E-state index contributed by atoms with van der Waals surface area (Å²) in [6, 6.07) is 6.78. The number of piperidine rings is 3. The lowest BCUT2D eigenvalue weighted by atomic mass is 9.85. The van der Waals surface area contributed by atoms with Crippen LogP contribution in [0.3, 0.4) is 0 Å². The largest absolute Gasteiger partial charge is 0.542 e. The van der Waals surface area contributed by atoms with Crippen LogP contribution in [-0.4, -0.2) is 49.4 Å². The summed E-state index contributed by atoms with van der Waals surface area (Å²) in [5, 5.41) is 8.78. The molecule has 29 heavy (non-hydrogen) atoms. The summed E-state index contributed by atoms with van der Waals surface area (Å²) in [6.45, 7) is 6.52. The summed E-state index contributed by atoms with van der Waals surface area (Å²) in [4.78, 5) is 8.78. The molecule has 0 amide bonds. The molecule has 0 aromatic heterocycles. The average Bonchev–Trinajstić information content (AvgIpc) is 2.72. The zero-order valence-electron chi connectivity index (χ0n) is 16.8. The van der Waals surface area contributed by atoms with Crippen LogP contribution in [0.25, 0.3) is 0 Å². The molecule has 0 N–H and O–H groups in total. The van der Waals surface area contributed by atoms with Gasteiger partial charge in [-0.25, -0.2) is 0 Å². The molecule has 2 bridgehead atoms. The van der Waals surface area contributed by atoms with E-state index in [4.69, 9.17) is 14.6 Å². The van der Waals surface area contributed by atoms with Crippen molar-refractivity contribution in [3.63, 3.8) is 0 Å². The van der Waals surface area contributed by atoms with Gasteiger partial charge in [0.15, 0.2) is 0 Å². The number of carbonyl (C=O) groups is 1. The lowest BCUT2D eigenvalue weighted by Crippen LogP contribution is -2.58. The van der Waals surface area contributed by atoms with Crippen LogP contribution >= 0.6 is 0 Å². The zero-order chi connectivity index (χ0) is 20.9. The maximum absolute atomic E-state index is 10.5. The van der Waals surface area contributed by atoms with E-state index in [2.05, 4.69) is 18.2 Å². The fraction of sp³-hybridized carbons (Fsp3) is 0.682. The molecular formula is C22H30F3NO3. The smallest absolute Gasteiger partial charge is 0.430 e. The van der Waals surface area contributed by atoms with Crippen molar-refractivity contribution in [2.75, 3.05) is 32.8 Å². The van der Waals surface area contributed by atoms with Crippen LogP contribution in [0, 0.1) is 5.92 Å². The molecule has 4 nitrogen and oxygen atoms in total. The molecule has 3 fully saturated rings. The van der Waals surface area contributed by atoms with Crippen molar-refractivity contribution < 1.29 is 32.3 Å². The molecule has 162 valence electrons. The minimum atomic E-state index is -5.19. The van der Waals surface area contributed by atoms with Gasteiger partial charge in [-0.2, -0.15) is 13.2 Å². The zero-order valence-corrected chi connectivity index (χ0v) is 16.8. The van der Waals surface area contributed by atoms with Crippen LogP contribution in [0.5, 0.6) is 5.75 Å². The molecule has 3 saturated heterocycles. The number of alkyl halides is 3.